The van der Waals surface area contributed by atoms with Crippen LogP contribution in [0, 0.1) is 5.82 Å². The first kappa shape index (κ1) is 17.6. The van der Waals surface area contributed by atoms with Crippen LogP contribution in [-0.4, -0.2) is 48.1 Å². The minimum absolute atomic E-state index is 0.0941. The SMILES string of the molecule is CS(=O)(=O)NC[C@@H]1CN(C(=O)Cc2ccc(F)cc2)Cc2cncn21. The number of benzene rings is 1. The van der Waals surface area contributed by atoms with E-state index in [2.05, 4.69) is 9.71 Å². The Morgan fingerprint density at radius 2 is 2.08 bits per heavy atom. The lowest BCUT2D eigenvalue weighted by Gasteiger charge is -2.34. The number of carbonyl (C=O) groups is 1. The molecule has 1 aromatic carbocycles. The van der Waals surface area contributed by atoms with Crippen molar-refractivity contribution in [3.05, 3.63) is 53.9 Å². The van der Waals surface area contributed by atoms with E-state index in [1.807, 2.05) is 4.57 Å². The van der Waals surface area contributed by atoms with E-state index in [4.69, 9.17) is 0 Å². The van der Waals surface area contributed by atoms with E-state index in [9.17, 15) is 17.6 Å². The minimum Gasteiger partial charge on any atom is -0.334 e. The maximum absolute atomic E-state index is 13.0. The van der Waals surface area contributed by atoms with Crippen molar-refractivity contribution in [2.24, 2.45) is 0 Å². The summed E-state index contributed by atoms with van der Waals surface area (Å²) in [6.45, 7) is 0.976. The molecule has 1 amide bonds. The lowest BCUT2D eigenvalue weighted by atomic mass is 10.1. The zero-order valence-electron chi connectivity index (χ0n) is 13.7. The summed E-state index contributed by atoms with van der Waals surface area (Å²) in [4.78, 5) is 18.4. The van der Waals surface area contributed by atoms with E-state index in [-0.39, 0.29) is 30.7 Å². The molecule has 0 spiro atoms. The lowest BCUT2D eigenvalue weighted by Crippen LogP contribution is -2.45. The Morgan fingerprint density at radius 1 is 1.36 bits per heavy atom. The molecular formula is C16H19FN4O3S. The van der Waals surface area contributed by atoms with Crippen molar-refractivity contribution in [3.63, 3.8) is 0 Å². The van der Waals surface area contributed by atoms with Crippen molar-refractivity contribution < 1.29 is 17.6 Å². The average Bonchev–Trinajstić information content (AvgIpc) is 3.02. The van der Waals surface area contributed by atoms with Gasteiger partial charge in [-0.15, -0.1) is 0 Å². The number of rotatable bonds is 5. The summed E-state index contributed by atoms with van der Waals surface area (Å²) < 4.78 is 40.1. The summed E-state index contributed by atoms with van der Waals surface area (Å²) >= 11 is 0. The van der Waals surface area contributed by atoms with Crippen molar-refractivity contribution in [3.8, 4) is 0 Å². The van der Waals surface area contributed by atoms with E-state index in [1.165, 1.54) is 12.1 Å². The Morgan fingerprint density at radius 3 is 2.76 bits per heavy atom. The molecule has 1 atom stereocenters. The number of hydrogen-bond donors (Lipinski definition) is 1. The van der Waals surface area contributed by atoms with Gasteiger partial charge in [0, 0.05) is 19.3 Å². The fourth-order valence-corrected chi connectivity index (χ4v) is 3.37. The highest BCUT2D eigenvalue weighted by Gasteiger charge is 2.28. The first-order valence-electron chi connectivity index (χ1n) is 7.79. The van der Waals surface area contributed by atoms with Gasteiger partial charge in [-0.25, -0.2) is 22.5 Å². The number of halogens is 1. The van der Waals surface area contributed by atoms with Gasteiger partial charge in [0.15, 0.2) is 0 Å². The minimum atomic E-state index is -3.32. The van der Waals surface area contributed by atoms with Crippen LogP contribution in [-0.2, 0) is 27.8 Å². The Kier molecular flexibility index (Phi) is 4.87. The van der Waals surface area contributed by atoms with E-state index in [1.54, 1.807) is 29.6 Å². The Bertz CT molecular complexity index is 864. The van der Waals surface area contributed by atoms with E-state index < -0.39 is 10.0 Å². The molecule has 1 aromatic heterocycles. The first-order valence-corrected chi connectivity index (χ1v) is 9.68. The van der Waals surface area contributed by atoms with Crippen molar-refractivity contribution >= 4 is 15.9 Å². The molecular weight excluding hydrogens is 347 g/mol. The number of aromatic nitrogens is 2. The van der Waals surface area contributed by atoms with Gasteiger partial charge in [-0.3, -0.25) is 4.79 Å². The number of fused-ring (bicyclic) bond motifs is 1. The molecule has 0 aliphatic carbocycles. The van der Waals surface area contributed by atoms with E-state index in [0.717, 1.165) is 17.5 Å². The number of nitrogens with one attached hydrogen (secondary N) is 1. The van der Waals surface area contributed by atoms with Gasteiger partial charge < -0.3 is 9.47 Å². The predicted octanol–water partition coefficient (Wildman–Crippen LogP) is 0.697. The second-order valence-electron chi connectivity index (χ2n) is 6.14. The van der Waals surface area contributed by atoms with Crippen LogP contribution in [0.2, 0.25) is 0 Å². The molecule has 0 bridgehead atoms. The third-order valence-corrected chi connectivity index (χ3v) is 4.82. The summed E-state index contributed by atoms with van der Waals surface area (Å²) in [5.41, 5.74) is 1.58. The molecule has 3 rings (SSSR count). The molecule has 2 heterocycles. The second-order valence-corrected chi connectivity index (χ2v) is 7.98. The highest BCUT2D eigenvalue weighted by atomic mass is 32.2. The van der Waals surface area contributed by atoms with Crippen molar-refractivity contribution in [2.45, 2.75) is 19.0 Å². The summed E-state index contributed by atoms with van der Waals surface area (Å²) in [7, 11) is -3.32. The van der Waals surface area contributed by atoms with Gasteiger partial charge >= 0.3 is 0 Å². The van der Waals surface area contributed by atoms with E-state index in [0.29, 0.717) is 13.1 Å². The van der Waals surface area contributed by atoms with Crippen LogP contribution in [0.4, 0.5) is 4.39 Å². The van der Waals surface area contributed by atoms with Crippen LogP contribution in [0.15, 0.2) is 36.8 Å². The lowest BCUT2D eigenvalue weighted by molar-refractivity contribution is -0.132. The summed E-state index contributed by atoms with van der Waals surface area (Å²) in [6.07, 6.45) is 4.58. The maximum atomic E-state index is 13.0. The maximum Gasteiger partial charge on any atom is 0.227 e. The standard InChI is InChI=1S/C16H19FN4O3S/c1-25(23,24)19-8-15-10-20(9-14-7-18-11-21(14)15)16(22)6-12-2-4-13(17)5-3-12/h2-5,7,11,15,19H,6,8-10H2,1H3/t15-/m1/s1. The van der Waals surface area contributed by atoms with Gasteiger partial charge in [0.1, 0.15) is 5.82 Å². The molecule has 1 N–H and O–H groups in total. The first-order chi connectivity index (χ1) is 11.8. The molecule has 1 aliphatic heterocycles. The second kappa shape index (κ2) is 6.93. The number of imidazole rings is 1. The average molecular weight is 366 g/mol. The Balaban J connectivity index is 1.72. The third-order valence-electron chi connectivity index (χ3n) is 4.13. The fraction of sp³-hybridized carbons (Fsp3) is 0.375. The van der Waals surface area contributed by atoms with Crippen LogP contribution in [0.3, 0.4) is 0 Å². The van der Waals surface area contributed by atoms with Gasteiger partial charge in [-0.05, 0) is 17.7 Å². The third kappa shape index (κ3) is 4.43. The molecule has 9 heteroatoms. The molecule has 25 heavy (non-hydrogen) atoms. The molecule has 0 saturated heterocycles. The number of nitrogens with zero attached hydrogens (tertiary/aromatic N) is 3. The van der Waals surface area contributed by atoms with Crippen LogP contribution >= 0.6 is 0 Å². The van der Waals surface area contributed by atoms with E-state index >= 15 is 0 Å². The van der Waals surface area contributed by atoms with Crippen molar-refractivity contribution in [2.75, 3.05) is 19.3 Å². The largest absolute Gasteiger partial charge is 0.334 e. The van der Waals surface area contributed by atoms with Crippen LogP contribution in [0.25, 0.3) is 0 Å². The normalized spacial score (nSPS) is 17.4. The van der Waals surface area contributed by atoms with Gasteiger partial charge in [-0.2, -0.15) is 0 Å². The monoisotopic (exact) mass is 366 g/mol. The van der Waals surface area contributed by atoms with Gasteiger partial charge in [0.2, 0.25) is 15.9 Å². The molecule has 7 nitrogen and oxygen atoms in total. The van der Waals surface area contributed by atoms with Crippen LogP contribution < -0.4 is 4.72 Å². The number of carbonyl (C=O) groups excluding carboxylic acids is 1. The predicted molar refractivity (Wildman–Crippen MR) is 89.6 cm³/mol. The van der Waals surface area contributed by atoms with Gasteiger partial charge in [0.05, 0.1) is 37.3 Å². The summed E-state index contributed by atoms with van der Waals surface area (Å²) in [5, 5.41) is 0. The zero-order chi connectivity index (χ0) is 18.0. The molecule has 2 aromatic rings. The molecule has 0 saturated carbocycles. The Labute approximate surface area is 145 Å². The molecule has 0 unspecified atom stereocenters. The van der Waals surface area contributed by atoms with Crippen LogP contribution in [0.5, 0.6) is 0 Å². The zero-order valence-corrected chi connectivity index (χ0v) is 14.5. The molecule has 1 aliphatic rings. The summed E-state index contributed by atoms with van der Waals surface area (Å²) in [6, 6.07) is 5.60. The highest BCUT2D eigenvalue weighted by molar-refractivity contribution is 7.88. The van der Waals surface area contributed by atoms with Crippen molar-refractivity contribution in [1.82, 2.24) is 19.2 Å². The highest BCUT2D eigenvalue weighted by Crippen LogP contribution is 2.21. The van der Waals surface area contributed by atoms with Crippen LogP contribution in [0.1, 0.15) is 17.3 Å². The number of sulfonamides is 1. The Hall–Kier alpha value is -2.26. The molecule has 134 valence electrons. The number of hydrogen-bond acceptors (Lipinski definition) is 4. The fourth-order valence-electron chi connectivity index (χ4n) is 2.87. The molecule has 0 radical (unpaired) electrons. The van der Waals surface area contributed by atoms with Gasteiger partial charge in [-0.1, -0.05) is 12.1 Å². The van der Waals surface area contributed by atoms with Gasteiger partial charge in [0.25, 0.3) is 0 Å². The smallest absolute Gasteiger partial charge is 0.227 e. The quantitative estimate of drug-likeness (QED) is 0.844. The molecule has 0 fully saturated rings. The topological polar surface area (TPSA) is 84.3 Å². The number of amides is 1. The van der Waals surface area contributed by atoms with Crippen molar-refractivity contribution in [1.29, 1.82) is 0 Å². The summed E-state index contributed by atoms with van der Waals surface area (Å²) in [5.74, 6) is -0.437.